The van der Waals surface area contributed by atoms with Crippen molar-refractivity contribution in [3.05, 3.63) is 17.0 Å². The van der Waals surface area contributed by atoms with Gasteiger partial charge < -0.3 is 10.2 Å². The SMILES string of the molecule is CCN1CCC(Nc2ncnc(Cl)c2C)CC1. The summed E-state index contributed by atoms with van der Waals surface area (Å²) >= 11 is 5.98. The summed E-state index contributed by atoms with van der Waals surface area (Å²) in [6.45, 7) is 7.62. The highest BCUT2D eigenvalue weighted by Crippen LogP contribution is 2.21. The Balaban J connectivity index is 1.95. The van der Waals surface area contributed by atoms with E-state index in [1.807, 2.05) is 6.92 Å². The molecule has 2 rings (SSSR count). The van der Waals surface area contributed by atoms with E-state index in [4.69, 9.17) is 11.6 Å². The number of nitrogens with zero attached hydrogens (tertiary/aromatic N) is 3. The third-order valence-corrected chi connectivity index (χ3v) is 3.78. The van der Waals surface area contributed by atoms with Crippen molar-refractivity contribution in [3.63, 3.8) is 0 Å². The van der Waals surface area contributed by atoms with E-state index in [0.29, 0.717) is 11.2 Å². The lowest BCUT2D eigenvalue weighted by Crippen LogP contribution is -2.39. The van der Waals surface area contributed by atoms with Crippen molar-refractivity contribution < 1.29 is 0 Å². The molecule has 1 aliphatic heterocycles. The normalized spacial score (nSPS) is 18.3. The van der Waals surface area contributed by atoms with Crippen molar-refractivity contribution in [3.8, 4) is 0 Å². The van der Waals surface area contributed by atoms with Gasteiger partial charge in [0.05, 0.1) is 0 Å². The maximum atomic E-state index is 5.98. The minimum atomic E-state index is 0.502. The van der Waals surface area contributed by atoms with Crippen LogP contribution in [-0.4, -0.2) is 40.5 Å². The number of aromatic nitrogens is 2. The van der Waals surface area contributed by atoms with Crippen LogP contribution < -0.4 is 5.32 Å². The zero-order chi connectivity index (χ0) is 12.3. The Labute approximate surface area is 107 Å². The Hall–Kier alpha value is -0.870. The molecule has 94 valence electrons. The van der Waals surface area contributed by atoms with Crippen LogP contribution in [0.4, 0.5) is 5.82 Å². The Kier molecular flexibility index (Phi) is 4.18. The van der Waals surface area contributed by atoms with Crippen LogP contribution in [0.3, 0.4) is 0 Å². The molecule has 0 radical (unpaired) electrons. The van der Waals surface area contributed by atoms with E-state index in [-0.39, 0.29) is 0 Å². The number of rotatable bonds is 3. The summed E-state index contributed by atoms with van der Waals surface area (Å²) in [6, 6.07) is 0.502. The van der Waals surface area contributed by atoms with Crippen LogP contribution in [0.25, 0.3) is 0 Å². The Morgan fingerprint density at radius 2 is 2.12 bits per heavy atom. The molecule has 4 nitrogen and oxygen atoms in total. The average molecular weight is 255 g/mol. The Morgan fingerprint density at radius 1 is 1.41 bits per heavy atom. The lowest BCUT2D eigenvalue weighted by atomic mass is 10.1. The van der Waals surface area contributed by atoms with Gasteiger partial charge >= 0.3 is 0 Å². The summed E-state index contributed by atoms with van der Waals surface area (Å²) in [4.78, 5) is 10.7. The Bertz CT molecular complexity index is 375. The van der Waals surface area contributed by atoms with Gasteiger partial charge in [-0.05, 0) is 26.3 Å². The van der Waals surface area contributed by atoms with Crippen molar-refractivity contribution in [1.82, 2.24) is 14.9 Å². The average Bonchev–Trinajstić information content (AvgIpc) is 2.36. The molecule has 17 heavy (non-hydrogen) atoms. The summed E-state index contributed by atoms with van der Waals surface area (Å²) in [5.74, 6) is 0.875. The molecule has 0 amide bonds. The zero-order valence-corrected chi connectivity index (χ0v) is 11.2. The molecule has 1 N–H and O–H groups in total. The maximum absolute atomic E-state index is 5.98. The fourth-order valence-corrected chi connectivity index (χ4v) is 2.29. The molecule has 1 aromatic heterocycles. The van der Waals surface area contributed by atoms with Crippen LogP contribution in [0, 0.1) is 6.92 Å². The molecule has 0 unspecified atom stereocenters. The van der Waals surface area contributed by atoms with Crippen LogP contribution >= 0.6 is 11.6 Å². The van der Waals surface area contributed by atoms with Gasteiger partial charge in [0.2, 0.25) is 0 Å². The number of halogens is 1. The van der Waals surface area contributed by atoms with Gasteiger partial charge in [-0.15, -0.1) is 0 Å². The van der Waals surface area contributed by atoms with E-state index in [0.717, 1.165) is 43.9 Å². The highest BCUT2D eigenvalue weighted by Gasteiger charge is 2.19. The van der Waals surface area contributed by atoms with E-state index in [2.05, 4.69) is 27.1 Å². The van der Waals surface area contributed by atoms with Crippen molar-refractivity contribution in [2.45, 2.75) is 32.7 Å². The monoisotopic (exact) mass is 254 g/mol. The van der Waals surface area contributed by atoms with Crippen molar-refractivity contribution in [2.75, 3.05) is 25.0 Å². The molecule has 0 bridgehead atoms. The van der Waals surface area contributed by atoms with Gasteiger partial charge in [0.1, 0.15) is 17.3 Å². The van der Waals surface area contributed by atoms with E-state index in [1.165, 1.54) is 6.33 Å². The number of nitrogens with one attached hydrogen (secondary N) is 1. The number of anilines is 1. The zero-order valence-electron chi connectivity index (χ0n) is 10.4. The van der Waals surface area contributed by atoms with Crippen molar-refractivity contribution in [2.24, 2.45) is 0 Å². The van der Waals surface area contributed by atoms with Gasteiger partial charge in [0.15, 0.2) is 0 Å². The molecule has 0 saturated carbocycles. The molecule has 1 aliphatic rings. The first kappa shape index (κ1) is 12.6. The standard InChI is InChI=1S/C12H19ClN4/c1-3-17-6-4-10(5-7-17)16-12-9(2)11(13)14-8-15-12/h8,10H,3-7H2,1-2H3,(H,14,15,16). The highest BCUT2D eigenvalue weighted by atomic mass is 35.5. The molecular weight excluding hydrogens is 236 g/mol. The summed E-state index contributed by atoms with van der Waals surface area (Å²) < 4.78 is 0. The quantitative estimate of drug-likeness (QED) is 0.841. The van der Waals surface area contributed by atoms with Crippen molar-refractivity contribution >= 4 is 17.4 Å². The topological polar surface area (TPSA) is 41.0 Å². The third-order valence-electron chi connectivity index (χ3n) is 3.40. The molecule has 0 aromatic carbocycles. The highest BCUT2D eigenvalue weighted by molar-refractivity contribution is 6.30. The number of hydrogen-bond donors (Lipinski definition) is 1. The van der Waals surface area contributed by atoms with Gasteiger partial charge in [-0.1, -0.05) is 18.5 Å². The van der Waals surface area contributed by atoms with E-state index < -0.39 is 0 Å². The second-order valence-electron chi connectivity index (χ2n) is 4.49. The number of likely N-dealkylation sites (tertiary alicyclic amines) is 1. The minimum Gasteiger partial charge on any atom is -0.367 e. The third kappa shape index (κ3) is 3.07. The van der Waals surface area contributed by atoms with Gasteiger partial charge in [-0.2, -0.15) is 0 Å². The molecule has 5 heteroatoms. The van der Waals surface area contributed by atoms with Crippen LogP contribution in [0.5, 0.6) is 0 Å². The van der Waals surface area contributed by atoms with Gasteiger partial charge in [-0.25, -0.2) is 9.97 Å². The largest absolute Gasteiger partial charge is 0.367 e. The summed E-state index contributed by atoms with van der Waals surface area (Å²) in [7, 11) is 0. The van der Waals surface area contributed by atoms with Crippen molar-refractivity contribution in [1.29, 1.82) is 0 Å². The van der Waals surface area contributed by atoms with E-state index >= 15 is 0 Å². The molecular formula is C12H19ClN4. The molecule has 0 atom stereocenters. The first-order valence-corrected chi connectivity index (χ1v) is 6.54. The summed E-state index contributed by atoms with van der Waals surface area (Å²) in [6.07, 6.45) is 3.84. The molecule has 2 heterocycles. The summed E-state index contributed by atoms with van der Waals surface area (Å²) in [5.41, 5.74) is 0.937. The predicted molar refractivity (Wildman–Crippen MR) is 70.5 cm³/mol. The first-order chi connectivity index (χ1) is 8.20. The minimum absolute atomic E-state index is 0.502. The fourth-order valence-electron chi connectivity index (χ4n) is 2.16. The molecule has 1 aromatic rings. The lowest BCUT2D eigenvalue weighted by Gasteiger charge is -2.31. The van der Waals surface area contributed by atoms with Crippen LogP contribution in [-0.2, 0) is 0 Å². The van der Waals surface area contributed by atoms with Crippen LogP contribution in [0.2, 0.25) is 5.15 Å². The van der Waals surface area contributed by atoms with Crippen LogP contribution in [0.1, 0.15) is 25.3 Å². The smallest absolute Gasteiger partial charge is 0.137 e. The maximum Gasteiger partial charge on any atom is 0.137 e. The second-order valence-corrected chi connectivity index (χ2v) is 4.85. The molecule has 1 fully saturated rings. The Morgan fingerprint density at radius 3 is 2.76 bits per heavy atom. The van der Waals surface area contributed by atoms with E-state index in [9.17, 15) is 0 Å². The first-order valence-electron chi connectivity index (χ1n) is 6.16. The summed E-state index contributed by atoms with van der Waals surface area (Å²) in [5, 5.41) is 4.01. The van der Waals surface area contributed by atoms with E-state index in [1.54, 1.807) is 0 Å². The molecule has 0 aliphatic carbocycles. The number of piperidine rings is 1. The predicted octanol–water partition coefficient (Wildman–Crippen LogP) is 2.33. The van der Waals surface area contributed by atoms with Gasteiger partial charge in [0, 0.05) is 24.7 Å². The fraction of sp³-hybridized carbons (Fsp3) is 0.667. The second kappa shape index (κ2) is 5.65. The number of hydrogen-bond acceptors (Lipinski definition) is 4. The van der Waals surface area contributed by atoms with Gasteiger partial charge in [-0.3, -0.25) is 0 Å². The molecule has 1 saturated heterocycles. The van der Waals surface area contributed by atoms with Crippen LogP contribution in [0.15, 0.2) is 6.33 Å². The van der Waals surface area contributed by atoms with Gasteiger partial charge in [0.25, 0.3) is 0 Å². The lowest BCUT2D eigenvalue weighted by molar-refractivity contribution is 0.229. The molecule has 0 spiro atoms.